The van der Waals surface area contributed by atoms with Crippen LogP contribution in [0.4, 0.5) is 0 Å². The van der Waals surface area contributed by atoms with Gasteiger partial charge in [-0.15, -0.1) is 0 Å². The fourth-order valence-corrected chi connectivity index (χ4v) is 4.56. The number of amides is 1. The summed E-state index contributed by atoms with van der Waals surface area (Å²) in [5.74, 6) is 0.422. The van der Waals surface area contributed by atoms with E-state index in [1.807, 2.05) is 0 Å². The SMILES string of the molecule is COc1ncc(-c2cccc3c2C[C@@H](NC(=O)c2ccc(OC4CCOCC4)nc2)CC3)cn1. The highest BCUT2D eigenvalue weighted by atomic mass is 16.5. The highest BCUT2D eigenvalue weighted by Crippen LogP contribution is 2.31. The largest absolute Gasteiger partial charge is 0.474 e. The van der Waals surface area contributed by atoms with Gasteiger partial charge in [0.15, 0.2) is 0 Å². The van der Waals surface area contributed by atoms with E-state index in [4.69, 9.17) is 14.2 Å². The van der Waals surface area contributed by atoms with Crippen LogP contribution in [0.5, 0.6) is 11.9 Å². The average molecular weight is 461 g/mol. The van der Waals surface area contributed by atoms with Crippen molar-refractivity contribution in [3.8, 4) is 23.0 Å². The third kappa shape index (κ3) is 5.02. The van der Waals surface area contributed by atoms with Crippen molar-refractivity contribution in [3.05, 3.63) is 65.6 Å². The van der Waals surface area contributed by atoms with Crippen molar-refractivity contribution in [1.82, 2.24) is 20.3 Å². The first-order valence-electron chi connectivity index (χ1n) is 11.7. The summed E-state index contributed by atoms with van der Waals surface area (Å²) in [5, 5.41) is 3.19. The summed E-state index contributed by atoms with van der Waals surface area (Å²) in [5.41, 5.74) is 5.09. The Morgan fingerprint density at radius 3 is 2.59 bits per heavy atom. The fourth-order valence-electron chi connectivity index (χ4n) is 4.56. The van der Waals surface area contributed by atoms with Crippen LogP contribution in [0.1, 0.15) is 40.7 Å². The van der Waals surface area contributed by atoms with E-state index in [0.29, 0.717) is 30.7 Å². The Morgan fingerprint density at radius 2 is 1.85 bits per heavy atom. The lowest BCUT2D eigenvalue weighted by Gasteiger charge is -2.27. The number of carbonyl (C=O) groups excluding carboxylic acids is 1. The minimum atomic E-state index is -0.121. The summed E-state index contributed by atoms with van der Waals surface area (Å²) in [4.78, 5) is 25.7. The molecule has 3 heterocycles. The molecule has 8 heteroatoms. The zero-order valence-corrected chi connectivity index (χ0v) is 19.2. The monoisotopic (exact) mass is 460 g/mol. The van der Waals surface area contributed by atoms with Gasteiger partial charge < -0.3 is 19.5 Å². The molecule has 1 saturated heterocycles. The predicted octanol–water partition coefficient (Wildman–Crippen LogP) is 3.39. The van der Waals surface area contributed by atoms with Gasteiger partial charge in [0.1, 0.15) is 6.10 Å². The molecule has 0 unspecified atom stereocenters. The molecule has 176 valence electrons. The lowest BCUT2D eigenvalue weighted by Crippen LogP contribution is -2.39. The summed E-state index contributed by atoms with van der Waals surface area (Å²) in [6.45, 7) is 1.42. The number of nitrogens with zero attached hydrogens (tertiary/aromatic N) is 3. The zero-order valence-electron chi connectivity index (χ0n) is 19.2. The smallest absolute Gasteiger partial charge is 0.316 e. The van der Waals surface area contributed by atoms with Crippen LogP contribution in [0.15, 0.2) is 48.9 Å². The van der Waals surface area contributed by atoms with Crippen molar-refractivity contribution in [2.24, 2.45) is 0 Å². The van der Waals surface area contributed by atoms with Gasteiger partial charge in [-0.25, -0.2) is 15.0 Å². The number of hydrogen-bond donors (Lipinski definition) is 1. The summed E-state index contributed by atoms with van der Waals surface area (Å²) in [6.07, 6.45) is 9.52. The average Bonchev–Trinajstić information content (AvgIpc) is 2.89. The van der Waals surface area contributed by atoms with Crippen molar-refractivity contribution in [3.63, 3.8) is 0 Å². The molecule has 0 spiro atoms. The van der Waals surface area contributed by atoms with Crippen LogP contribution in [-0.4, -0.2) is 53.3 Å². The maximum atomic E-state index is 12.9. The Morgan fingerprint density at radius 1 is 1.03 bits per heavy atom. The molecule has 0 bridgehead atoms. The molecule has 1 atom stereocenters. The molecule has 1 aliphatic heterocycles. The Hall–Kier alpha value is -3.52. The predicted molar refractivity (Wildman–Crippen MR) is 126 cm³/mol. The molecule has 1 aromatic carbocycles. The lowest BCUT2D eigenvalue weighted by molar-refractivity contribution is 0.0237. The van der Waals surface area contributed by atoms with Crippen LogP contribution in [0, 0.1) is 0 Å². The maximum Gasteiger partial charge on any atom is 0.316 e. The lowest BCUT2D eigenvalue weighted by atomic mass is 9.84. The third-order valence-electron chi connectivity index (χ3n) is 6.40. The molecule has 1 fully saturated rings. The van der Waals surface area contributed by atoms with Gasteiger partial charge in [-0.05, 0) is 42.0 Å². The number of carbonyl (C=O) groups is 1. The first-order valence-corrected chi connectivity index (χ1v) is 11.7. The number of aryl methyl sites for hydroxylation is 1. The van der Waals surface area contributed by atoms with Gasteiger partial charge in [0.2, 0.25) is 5.88 Å². The summed E-state index contributed by atoms with van der Waals surface area (Å²) in [6, 6.07) is 10.2. The van der Waals surface area contributed by atoms with Crippen LogP contribution in [0.25, 0.3) is 11.1 Å². The van der Waals surface area contributed by atoms with Gasteiger partial charge in [-0.2, -0.15) is 0 Å². The van der Waals surface area contributed by atoms with Crippen molar-refractivity contribution in [2.45, 2.75) is 44.2 Å². The number of methoxy groups -OCH3 is 1. The molecule has 0 radical (unpaired) electrons. The number of ether oxygens (including phenoxy) is 3. The summed E-state index contributed by atoms with van der Waals surface area (Å²) < 4.78 is 16.3. The molecular formula is C26H28N4O4. The number of rotatable bonds is 6. The van der Waals surface area contributed by atoms with Crippen molar-refractivity contribution in [1.29, 1.82) is 0 Å². The first kappa shape index (κ1) is 22.3. The van der Waals surface area contributed by atoms with Crippen molar-refractivity contribution < 1.29 is 19.0 Å². The molecule has 34 heavy (non-hydrogen) atoms. The highest BCUT2D eigenvalue weighted by Gasteiger charge is 2.24. The number of nitrogens with one attached hydrogen (secondary N) is 1. The summed E-state index contributed by atoms with van der Waals surface area (Å²) in [7, 11) is 1.55. The Bertz CT molecular complexity index is 1130. The van der Waals surface area contributed by atoms with E-state index in [0.717, 1.165) is 43.2 Å². The number of hydrogen-bond acceptors (Lipinski definition) is 7. The van der Waals surface area contributed by atoms with Crippen molar-refractivity contribution >= 4 is 5.91 Å². The topological polar surface area (TPSA) is 95.5 Å². The van der Waals surface area contributed by atoms with E-state index in [9.17, 15) is 4.79 Å². The number of pyridine rings is 1. The molecule has 2 aliphatic rings. The van der Waals surface area contributed by atoms with Gasteiger partial charge in [-0.3, -0.25) is 4.79 Å². The van der Waals surface area contributed by atoms with E-state index in [1.165, 1.54) is 11.1 Å². The number of aromatic nitrogens is 3. The fraction of sp³-hybridized carbons (Fsp3) is 0.385. The zero-order chi connectivity index (χ0) is 23.3. The van der Waals surface area contributed by atoms with Crippen LogP contribution in [0.3, 0.4) is 0 Å². The molecule has 8 nitrogen and oxygen atoms in total. The van der Waals surface area contributed by atoms with Gasteiger partial charge >= 0.3 is 6.01 Å². The molecular weight excluding hydrogens is 432 g/mol. The number of benzene rings is 1. The second kappa shape index (κ2) is 10.2. The second-order valence-corrected chi connectivity index (χ2v) is 8.63. The minimum Gasteiger partial charge on any atom is -0.474 e. The molecule has 0 saturated carbocycles. The van der Waals surface area contributed by atoms with Crippen LogP contribution in [-0.2, 0) is 17.6 Å². The maximum absolute atomic E-state index is 12.9. The minimum absolute atomic E-state index is 0.0403. The Labute approximate surface area is 198 Å². The van der Waals surface area contributed by atoms with E-state index >= 15 is 0 Å². The van der Waals surface area contributed by atoms with Crippen molar-refractivity contribution in [2.75, 3.05) is 20.3 Å². The molecule has 2 aromatic heterocycles. The van der Waals surface area contributed by atoms with Gasteiger partial charge in [0.05, 0.1) is 25.9 Å². The van der Waals surface area contributed by atoms with Gasteiger partial charge in [-0.1, -0.05) is 18.2 Å². The molecule has 1 aliphatic carbocycles. The third-order valence-corrected chi connectivity index (χ3v) is 6.40. The quantitative estimate of drug-likeness (QED) is 0.602. The van der Waals surface area contributed by atoms with E-state index in [-0.39, 0.29) is 18.1 Å². The van der Waals surface area contributed by atoms with Gasteiger partial charge in [0.25, 0.3) is 5.91 Å². The first-order chi connectivity index (χ1) is 16.7. The Kier molecular flexibility index (Phi) is 6.67. The summed E-state index contributed by atoms with van der Waals surface area (Å²) >= 11 is 0. The van der Waals surface area contributed by atoms with Crippen LogP contribution < -0.4 is 14.8 Å². The van der Waals surface area contributed by atoms with E-state index in [2.05, 4.69) is 38.5 Å². The van der Waals surface area contributed by atoms with Gasteiger partial charge in [0, 0.05) is 49.1 Å². The molecule has 1 N–H and O–H groups in total. The Balaban J connectivity index is 1.25. The second-order valence-electron chi connectivity index (χ2n) is 8.63. The molecule has 1 amide bonds. The normalized spacial score (nSPS) is 18.1. The van der Waals surface area contributed by atoms with Crippen LogP contribution in [0.2, 0.25) is 0 Å². The van der Waals surface area contributed by atoms with Crippen LogP contribution >= 0.6 is 0 Å². The van der Waals surface area contributed by atoms with E-state index < -0.39 is 0 Å². The highest BCUT2D eigenvalue weighted by molar-refractivity contribution is 5.94. The standard InChI is InChI=1S/C26H28N4O4/c1-32-26-28-15-19(16-29-26)22-4-2-3-17-5-7-20(13-23(17)22)30-25(31)18-6-8-24(27-14-18)34-21-9-11-33-12-10-21/h2-4,6,8,14-16,20-21H,5,7,9-13H2,1H3,(H,30,31)/t20-/m0/s1. The molecule has 3 aromatic rings. The van der Waals surface area contributed by atoms with E-state index in [1.54, 1.807) is 37.8 Å². The molecule has 5 rings (SSSR count). The number of fused-ring (bicyclic) bond motifs is 1.